The first-order valence-electron chi connectivity index (χ1n) is 13.1. The largest absolute Gasteiger partial charge is 0.348 e. The summed E-state index contributed by atoms with van der Waals surface area (Å²) in [7, 11) is 4.11. The lowest BCUT2D eigenvalue weighted by atomic mass is 9.79. The lowest BCUT2D eigenvalue weighted by Gasteiger charge is -2.48. The van der Waals surface area contributed by atoms with Crippen LogP contribution in [0.1, 0.15) is 73.8 Å². The number of anilines is 1. The predicted molar refractivity (Wildman–Crippen MR) is 155 cm³/mol. The van der Waals surface area contributed by atoms with Gasteiger partial charge in [-0.3, -0.25) is 4.68 Å². The molecule has 1 aliphatic rings. The Hall–Kier alpha value is -2.58. The third-order valence-electron chi connectivity index (χ3n) is 6.33. The molecule has 1 aliphatic heterocycles. The van der Waals surface area contributed by atoms with Gasteiger partial charge < -0.3 is 10.2 Å². The van der Waals surface area contributed by atoms with E-state index in [2.05, 4.69) is 74.1 Å². The van der Waals surface area contributed by atoms with E-state index in [9.17, 15) is 0 Å². The Morgan fingerprint density at radius 3 is 2.31 bits per heavy atom. The van der Waals surface area contributed by atoms with Gasteiger partial charge in [-0.2, -0.15) is 5.10 Å². The zero-order valence-electron chi connectivity index (χ0n) is 23.9. The number of hydrogen-bond acceptors (Lipinski definition) is 7. The predicted octanol–water partition coefficient (Wildman–Crippen LogP) is 6.75. The molecule has 3 aromatic heterocycles. The van der Waals surface area contributed by atoms with Crippen molar-refractivity contribution < 1.29 is 0 Å². The summed E-state index contributed by atoms with van der Waals surface area (Å²) in [6.45, 7) is 19.2. The number of rotatable bonds is 3. The summed E-state index contributed by atoms with van der Waals surface area (Å²) in [6.07, 6.45) is 6.03. The number of thiazole rings is 1. The van der Waals surface area contributed by atoms with Crippen molar-refractivity contribution in [2.24, 2.45) is 7.05 Å². The highest BCUT2D eigenvalue weighted by molar-refractivity contribution is 7.21. The highest BCUT2D eigenvalue weighted by Gasteiger charge is 2.39. The number of fused-ring (bicyclic) bond motifs is 2. The average Bonchev–Trinajstić information content (AvgIpc) is 3.41. The number of aromatic nitrogens is 5. The van der Waals surface area contributed by atoms with Crippen LogP contribution < -0.4 is 10.2 Å². The maximum absolute atomic E-state index is 4.88. The molecule has 0 bridgehead atoms. The molecule has 0 amide bonds. The van der Waals surface area contributed by atoms with Gasteiger partial charge in [-0.05, 0) is 65.2 Å². The van der Waals surface area contributed by atoms with Gasteiger partial charge in [0.15, 0.2) is 11.0 Å². The Morgan fingerprint density at radius 2 is 1.67 bits per heavy atom. The second-order valence-corrected chi connectivity index (χ2v) is 11.4. The summed E-state index contributed by atoms with van der Waals surface area (Å²) in [4.78, 5) is 17.7. The fraction of sp³-hybridized carbons (Fsp3) is 0.571. The van der Waals surface area contributed by atoms with Crippen molar-refractivity contribution in [2.45, 2.75) is 92.3 Å². The van der Waals surface area contributed by atoms with E-state index in [-0.39, 0.29) is 11.1 Å². The highest BCUT2D eigenvalue weighted by atomic mass is 32.1. The summed E-state index contributed by atoms with van der Waals surface area (Å²) < 4.78 is 1.85. The molecule has 0 aliphatic carbocycles. The average molecular weight is 510 g/mol. The van der Waals surface area contributed by atoms with Crippen LogP contribution >= 0.6 is 11.3 Å². The Balaban J connectivity index is 0.000000861. The van der Waals surface area contributed by atoms with Gasteiger partial charge in [0.05, 0.1) is 11.7 Å². The van der Waals surface area contributed by atoms with Crippen LogP contribution in [0.15, 0.2) is 24.5 Å². The topological polar surface area (TPSA) is 71.8 Å². The Bertz CT molecular complexity index is 1300. The lowest BCUT2D eigenvalue weighted by Crippen LogP contribution is -2.61. The zero-order chi connectivity index (χ0) is 26.8. The molecule has 1 fully saturated rings. The molecule has 7 nitrogen and oxygen atoms in total. The Morgan fingerprint density at radius 1 is 1.03 bits per heavy atom. The monoisotopic (exact) mass is 509 g/mol. The number of benzene rings is 1. The van der Waals surface area contributed by atoms with Crippen LogP contribution in [-0.2, 0) is 7.05 Å². The van der Waals surface area contributed by atoms with Crippen molar-refractivity contribution in [3.63, 3.8) is 0 Å². The first kappa shape index (κ1) is 28.0. The first-order valence-corrected chi connectivity index (χ1v) is 13.9. The third-order valence-corrected chi connectivity index (χ3v) is 7.39. The van der Waals surface area contributed by atoms with Crippen LogP contribution in [0.4, 0.5) is 5.13 Å². The minimum absolute atomic E-state index is 0.0904. The number of nitrogens with zero attached hydrogens (tertiary/aromatic N) is 6. The van der Waals surface area contributed by atoms with Crippen molar-refractivity contribution in [2.75, 3.05) is 11.9 Å². The van der Waals surface area contributed by atoms with Gasteiger partial charge in [0.2, 0.25) is 0 Å². The summed E-state index contributed by atoms with van der Waals surface area (Å²) in [5, 5.41) is 10.4. The molecule has 36 heavy (non-hydrogen) atoms. The first-order chi connectivity index (χ1) is 17.0. The van der Waals surface area contributed by atoms with Gasteiger partial charge in [0, 0.05) is 48.4 Å². The van der Waals surface area contributed by atoms with Gasteiger partial charge in [-0.1, -0.05) is 39.0 Å². The molecule has 8 heteroatoms. The van der Waals surface area contributed by atoms with E-state index >= 15 is 0 Å². The molecule has 0 radical (unpaired) electrons. The lowest BCUT2D eigenvalue weighted by molar-refractivity contribution is 0.161. The maximum atomic E-state index is 4.88. The highest BCUT2D eigenvalue weighted by Crippen LogP contribution is 2.36. The molecule has 4 aromatic rings. The molecule has 4 heterocycles. The van der Waals surface area contributed by atoms with Gasteiger partial charge in [-0.15, -0.1) is 0 Å². The molecule has 0 unspecified atom stereocenters. The fourth-order valence-electron chi connectivity index (χ4n) is 5.27. The number of nitrogens with one attached hydrogen (secondary N) is 1. The van der Waals surface area contributed by atoms with Crippen LogP contribution in [-0.4, -0.2) is 48.9 Å². The van der Waals surface area contributed by atoms with Crippen LogP contribution in [0, 0.1) is 6.92 Å². The van der Waals surface area contributed by atoms with Crippen LogP contribution in [0.3, 0.4) is 0 Å². The zero-order valence-corrected chi connectivity index (χ0v) is 24.7. The van der Waals surface area contributed by atoms with E-state index in [1.54, 1.807) is 11.3 Å². The number of aryl methyl sites for hydroxylation is 2. The summed E-state index contributed by atoms with van der Waals surface area (Å²) in [6, 6.07) is 4.65. The standard InChI is InChI=1S/C24H31N7S.2C2H6/c1-14-8-15(9-16-13-30(6)28-19(14)16)20-25-12-18-21(27-20)32-22(26-18)31(7)17-10-23(2,3)29-24(4,5)11-17;2*1-2/h8-9,12-13,17,29H,10-11H2,1-7H3;2*1-2H3. The van der Waals surface area contributed by atoms with E-state index in [1.807, 2.05) is 51.8 Å². The molecule has 1 N–H and O–H groups in total. The number of piperidine rings is 1. The molecule has 5 rings (SSSR count). The summed E-state index contributed by atoms with van der Waals surface area (Å²) >= 11 is 1.65. The van der Waals surface area contributed by atoms with E-state index < -0.39 is 0 Å². The van der Waals surface area contributed by atoms with Crippen molar-refractivity contribution in [3.05, 3.63) is 30.1 Å². The van der Waals surface area contributed by atoms with Crippen molar-refractivity contribution in [1.29, 1.82) is 0 Å². The minimum atomic E-state index is 0.0904. The normalized spacial score (nSPS) is 16.8. The SMILES string of the molecule is CC.CC.Cc1cc(-c2ncc3nc(N(C)C4CC(C)(C)NC(C)(C)C4)sc3n2)cc2cn(C)nc12. The Kier molecular flexibility index (Phi) is 8.41. The van der Waals surface area contributed by atoms with Gasteiger partial charge in [-0.25, -0.2) is 15.0 Å². The van der Waals surface area contributed by atoms with E-state index in [4.69, 9.17) is 9.97 Å². The quantitative estimate of drug-likeness (QED) is 0.329. The minimum Gasteiger partial charge on any atom is -0.348 e. The summed E-state index contributed by atoms with van der Waals surface area (Å²) in [5.74, 6) is 0.730. The van der Waals surface area contributed by atoms with Crippen LogP contribution in [0.25, 0.3) is 32.6 Å². The van der Waals surface area contributed by atoms with Crippen molar-refractivity contribution in [3.8, 4) is 11.4 Å². The van der Waals surface area contributed by atoms with Crippen molar-refractivity contribution in [1.82, 2.24) is 30.0 Å². The Labute approximate surface area is 220 Å². The van der Waals surface area contributed by atoms with E-state index in [0.717, 1.165) is 56.2 Å². The van der Waals surface area contributed by atoms with Gasteiger partial charge >= 0.3 is 0 Å². The molecular weight excluding hydrogens is 466 g/mol. The number of hydrogen-bond donors (Lipinski definition) is 1. The van der Waals surface area contributed by atoms with Gasteiger partial charge in [0.1, 0.15) is 10.3 Å². The summed E-state index contributed by atoms with van der Waals surface area (Å²) in [5.41, 5.74) is 4.19. The second-order valence-electron chi connectivity index (χ2n) is 10.5. The molecule has 1 saturated heterocycles. The fourth-order valence-corrected chi connectivity index (χ4v) is 6.22. The molecule has 196 valence electrons. The van der Waals surface area contributed by atoms with E-state index in [1.165, 1.54) is 0 Å². The molecule has 0 saturated carbocycles. The third kappa shape index (κ3) is 5.86. The molecule has 0 spiro atoms. The molecule has 0 atom stereocenters. The van der Waals surface area contributed by atoms with Crippen molar-refractivity contribution >= 4 is 37.7 Å². The smallest absolute Gasteiger partial charge is 0.187 e. The van der Waals surface area contributed by atoms with Gasteiger partial charge in [0.25, 0.3) is 0 Å². The van der Waals surface area contributed by atoms with E-state index in [0.29, 0.717) is 6.04 Å². The second kappa shape index (κ2) is 10.8. The molecular formula is C28H43N7S. The molecule has 1 aromatic carbocycles. The van der Waals surface area contributed by atoms with Crippen LogP contribution in [0.5, 0.6) is 0 Å². The maximum Gasteiger partial charge on any atom is 0.187 e. The van der Waals surface area contributed by atoms with Crippen LogP contribution in [0.2, 0.25) is 0 Å².